The molecule has 0 bridgehead atoms. The van der Waals surface area contributed by atoms with Crippen LogP contribution in [0.2, 0.25) is 0 Å². The number of halogens is 3. The summed E-state index contributed by atoms with van der Waals surface area (Å²) >= 11 is 0. The maximum atomic E-state index is 11.7. The van der Waals surface area contributed by atoms with E-state index in [0.717, 1.165) is 0 Å². The van der Waals surface area contributed by atoms with E-state index in [1.54, 1.807) is 0 Å². The van der Waals surface area contributed by atoms with Gasteiger partial charge in [-0.25, -0.2) is 9.78 Å². The summed E-state index contributed by atoms with van der Waals surface area (Å²) in [6.45, 7) is -1.43. The molecular formula is C9H11F3N2O3. The van der Waals surface area contributed by atoms with Crippen LogP contribution in [0.4, 0.5) is 13.2 Å². The second-order valence-corrected chi connectivity index (χ2v) is 3.15. The number of methoxy groups -OCH3 is 1. The molecule has 1 heterocycles. The zero-order valence-corrected chi connectivity index (χ0v) is 9.00. The van der Waals surface area contributed by atoms with Gasteiger partial charge >= 0.3 is 12.1 Å². The maximum Gasteiger partial charge on any atom is 0.411 e. The lowest BCUT2D eigenvalue weighted by Gasteiger charge is -2.06. The number of aromatic amines is 1. The number of nitrogens with zero attached hydrogens (tertiary/aromatic N) is 1. The van der Waals surface area contributed by atoms with E-state index >= 15 is 0 Å². The number of carbonyl (C=O) groups excluding carboxylic acids is 1. The smallest absolute Gasteiger partial charge is 0.411 e. The predicted molar refractivity (Wildman–Crippen MR) is 50.5 cm³/mol. The Kier molecular flexibility index (Phi) is 4.50. The number of carbonyl (C=O) groups is 1. The van der Waals surface area contributed by atoms with Gasteiger partial charge in [0.1, 0.15) is 18.1 Å². The fraction of sp³-hybridized carbons (Fsp3) is 0.556. The summed E-state index contributed by atoms with van der Waals surface area (Å²) < 4.78 is 44.0. The van der Waals surface area contributed by atoms with Crippen molar-refractivity contribution in [3.05, 3.63) is 17.7 Å². The number of hydrogen-bond donors (Lipinski definition) is 1. The molecule has 0 spiro atoms. The summed E-state index contributed by atoms with van der Waals surface area (Å²) in [6.07, 6.45) is -2.92. The van der Waals surface area contributed by atoms with Gasteiger partial charge in [0.05, 0.1) is 19.9 Å². The normalized spacial score (nSPS) is 11.5. The quantitative estimate of drug-likeness (QED) is 0.634. The zero-order valence-electron chi connectivity index (χ0n) is 9.00. The Morgan fingerprint density at radius 3 is 2.82 bits per heavy atom. The van der Waals surface area contributed by atoms with Gasteiger partial charge in [0, 0.05) is 6.42 Å². The lowest BCUT2D eigenvalue weighted by Crippen LogP contribution is -2.18. The first-order valence-electron chi connectivity index (χ1n) is 4.69. The van der Waals surface area contributed by atoms with Crippen molar-refractivity contribution in [3.8, 4) is 0 Å². The van der Waals surface area contributed by atoms with Gasteiger partial charge in [-0.3, -0.25) is 0 Å². The summed E-state index contributed by atoms with van der Waals surface area (Å²) in [6, 6.07) is 0. The van der Waals surface area contributed by atoms with Crippen molar-refractivity contribution in [2.75, 3.05) is 20.3 Å². The fourth-order valence-electron chi connectivity index (χ4n) is 1.06. The van der Waals surface area contributed by atoms with Gasteiger partial charge in [0.2, 0.25) is 0 Å². The van der Waals surface area contributed by atoms with Gasteiger partial charge < -0.3 is 14.5 Å². The van der Waals surface area contributed by atoms with E-state index in [4.69, 9.17) is 0 Å². The Balaban J connectivity index is 2.33. The Hall–Kier alpha value is -1.57. The van der Waals surface area contributed by atoms with Crippen LogP contribution in [0.5, 0.6) is 0 Å². The van der Waals surface area contributed by atoms with Gasteiger partial charge in [0.25, 0.3) is 0 Å². The molecule has 1 aromatic rings. The number of hydrogen-bond acceptors (Lipinski definition) is 4. The average molecular weight is 252 g/mol. The van der Waals surface area contributed by atoms with Crippen LogP contribution < -0.4 is 0 Å². The van der Waals surface area contributed by atoms with Crippen molar-refractivity contribution in [3.63, 3.8) is 0 Å². The van der Waals surface area contributed by atoms with Gasteiger partial charge in [-0.1, -0.05) is 0 Å². The Labute approximate surface area is 94.9 Å². The molecule has 0 radical (unpaired) electrons. The Morgan fingerprint density at radius 2 is 2.24 bits per heavy atom. The highest BCUT2D eigenvalue weighted by atomic mass is 19.4. The number of imidazole rings is 1. The maximum absolute atomic E-state index is 11.7. The van der Waals surface area contributed by atoms with E-state index in [0.29, 0.717) is 5.82 Å². The summed E-state index contributed by atoms with van der Waals surface area (Å²) in [7, 11) is 1.22. The molecule has 0 fully saturated rings. The highest BCUT2D eigenvalue weighted by Crippen LogP contribution is 2.14. The first-order chi connectivity index (χ1) is 7.92. The number of esters is 1. The fourth-order valence-corrected chi connectivity index (χ4v) is 1.06. The molecule has 96 valence electrons. The third kappa shape index (κ3) is 4.85. The standard InChI is InChI=1S/C9H11F3N2O3/c1-16-8(15)6-4-13-7(14-6)2-3-17-5-9(10,11)12/h4H,2-3,5H2,1H3,(H,13,14). The topological polar surface area (TPSA) is 64.2 Å². The van der Waals surface area contributed by atoms with Crippen LogP contribution in [0.15, 0.2) is 6.20 Å². The van der Waals surface area contributed by atoms with Crippen molar-refractivity contribution in [1.82, 2.24) is 9.97 Å². The minimum absolute atomic E-state index is 0.131. The SMILES string of the molecule is COC(=O)c1cnc(CCOCC(F)(F)F)[nH]1. The molecule has 0 amide bonds. The van der Waals surface area contributed by atoms with E-state index in [-0.39, 0.29) is 18.7 Å². The van der Waals surface area contributed by atoms with Crippen LogP contribution in [-0.2, 0) is 15.9 Å². The molecule has 0 saturated heterocycles. The zero-order chi connectivity index (χ0) is 12.9. The second-order valence-electron chi connectivity index (χ2n) is 3.15. The minimum Gasteiger partial charge on any atom is -0.464 e. The molecule has 1 aromatic heterocycles. The molecule has 0 aliphatic rings. The van der Waals surface area contributed by atoms with E-state index in [2.05, 4.69) is 19.4 Å². The van der Waals surface area contributed by atoms with Crippen LogP contribution in [-0.4, -0.2) is 42.4 Å². The van der Waals surface area contributed by atoms with Crippen LogP contribution in [0.3, 0.4) is 0 Å². The number of nitrogens with one attached hydrogen (secondary N) is 1. The summed E-state index contributed by atoms with van der Waals surface area (Å²) in [5, 5.41) is 0. The molecule has 8 heteroatoms. The number of rotatable bonds is 5. The van der Waals surface area contributed by atoms with E-state index < -0.39 is 18.8 Å². The van der Waals surface area contributed by atoms with Crippen LogP contribution >= 0.6 is 0 Å². The first kappa shape index (κ1) is 13.5. The van der Waals surface area contributed by atoms with E-state index in [1.807, 2.05) is 0 Å². The van der Waals surface area contributed by atoms with Crippen molar-refractivity contribution in [2.45, 2.75) is 12.6 Å². The molecule has 1 N–H and O–H groups in total. The van der Waals surface area contributed by atoms with Crippen LogP contribution in [0, 0.1) is 0 Å². The van der Waals surface area contributed by atoms with Crippen LogP contribution in [0.1, 0.15) is 16.3 Å². The minimum atomic E-state index is -4.33. The average Bonchev–Trinajstić information content (AvgIpc) is 2.70. The monoisotopic (exact) mass is 252 g/mol. The van der Waals surface area contributed by atoms with Crippen LogP contribution in [0.25, 0.3) is 0 Å². The molecule has 0 saturated carbocycles. The highest BCUT2D eigenvalue weighted by molar-refractivity contribution is 5.86. The molecule has 17 heavy (non-hydrogen) atoms. The summed E-state index contributed by atoms with van der Waals surface area (Å²) in [5.74, 6) is -0.215. The Morgan fingerprint density at radius 1 is 1.53 bits per heavy atom. The van der Waals surface area contributed by atoms with Crippen molar-refractivity contribution in [1.29, 1.82) is 0 Å². The lowest BCUT2D eigenvalue weighted by molar-refractivity contribution is -0.173. The largest absolute Gasteiger partial charge is 0.464 e. The predicted octanol–water partition coefficient (Wildman–Crippen LogP) is 1.32. The van der Waals surface area contributed by atoms with Crippen molar-refractivity contribution >= 4 is 5.97 Å². The highest BCUT2D eigenvalue weighted by Gasteiger charge is 2.27. The third-order valence-electron chi connectivity index (χ3n) is 1.78. The van der Waals surface area contributed by atoms with Gasteiger partial charge in [-0.2, -0.15) is 13.2 Å². The van der Waals surface area contributed by atoms with Gasteiger partial charge in [0.15, 0.2) is 0 Å². The Bertz CT molecular complexity index is 376. The lowest BCUT2D eigenvalue weighted by atomic mass is 10.4. The molecule has 1 rings (SSSR count). The molecule has 0 unspecified atom stereocenters. The molecule has 0 aliphatic heterocycles. The second kappa shape index (κ2) is 5.67. The first-order valence-corrected chi connectivity index (χ1v) is 4.69. The van der Waals surface area contributed by atoms with Crippen molar-refractivity contribution < 1.29 is 27.4 Å². The number of aromatic nitrogens is 2. The van der Waals surface area contributed by atoms with Gasteiger partial charge in [-0.05, 0) is 0 Å². The third-order valence-corrected chi connectivity index (χ3v) is 1.78. The number of alkyl halides is 3. The summed E-state index contributed by atoms with van der Waals surface area (Å²) in [5.41, 5.74) is 0.151. The molecule has 0 aromatic carbocycles. The van der Waals surface area contributed by atoms with Crippen molar-refractivity contribution in [2.24, 2.45) is 0 Å². The number of H-pyrrole nitrogens is 1. The van der Waals surface area contributed by atoms with E-state index in [1.165, 1.54) is 13.3 Å². The molecule has 0 aliphatic carbocycles. The number of ether oxygens (including phenoxy) is 2. The molecule has 5 nitrogen and oxygen atoms in total. The molecular weight excluding hydrogens is 241 g/mol. The molecule has 0 atom stereocenters. The van der Waals surface area contributed by atoms with Gasteiger partial charge in [-0.15, -0.1) is 0 Å². The summed E-state index contributed by atoms with van der Waals surface area (Å²) in [4.78, 5) is 17.4. The van der Waals surface area contributed by atoms with E-state index in [9.17, 15) is 18.0 Å².